The van der Waals surface area contributed by atoms with E-state index in [0.29, 0.717) is 16.8 Å². The number of aromatic nitrogens is 1. The Hall–Kier alpha value is -2.62. The van der Waals surface area contributed by atoms with Crippen LogP contribution in [0.3, 0.4) is 0 Å². The van der Waals surface area contributed by atoms with Gasteiger partial charge in [0, 0.05) is 31.2 Å². The van der Waals surface area contributed by atoms with Crippen LogP contribution in [0.2, 0.25) is 0 Å². The zero-order valence-electron chi connectivity index (χ0n) is 12.0. The molecule has 1 aromatic heterocycles. The third-order valence-corrected chi connectivity index (χ3v) is 3.79. The molecule has 0 spiro atoms. The van der Waals surface area contributed by atoms with Gasteiger partial charge in [0.15, 0.2) is 0 Å². The summed E-state index contributed by atoms with van der Waals surface area (Å²) in [5.74, 6) is 0.324. The van der Waals surface area contributed by atoms with E-state index in [1.807, 2.05) is 12.1 Å². The van der Waals surface area contributed by atoms with Crippen LogP contribution >= 0.6 is 0 Å². The van der Waals surface area contributed by atoms with Gasteiger partial charge in [0.2, 0.25) is 0 Å². The highest BCUT2D eigenvalue weighted by atomic mass is 16.3. The second-order valence-electron chi connectivity index (χ2n) is 5.20. The molecule has 112 valence electrons. The molecule has 1 aliphatic rings. The van der Waals surface area contributed by atoms with Crippen molar-refractivity contribution in [3.63, 3.8) is 0 Å². The largest absolute Gasteiger partial charge is 0.507 e. The van der Waals surface area contributed by atoms with Gasteiger partial charge in [0.25, 0.3) is 0 Å². The van der Waals surface area contributed by atoms with Crippen LogP contribution in [0.15, 0.2) is 30.3 Å². The molecule has 0 amide bonds. The number of nitrogens with one attached hydrogen (secondary N) is 2. The second-order valence-corrected chi connectivity index (χ2v) is 5.20. The summed E-state index contributed by atoms with van der Waals surface area (Å²) in [7, 11) is 0. The predicted octanol–water partition coefficient (Wildman–Crippen LogP) is 1.14. The Bertz CT molecular complexity index is 732. The molecule has 1 aromatic carbocycles. The molecule has 0 saturated carbocycles. The van der Waals surface area contributed by atoms with E-state index < -0.39 is 0 Å². The molecule has 2 aromatic rings. The van der Waals surface area contributed by atoms with E-state index in [1.54, 1.807) is 18.2 Å². The van der Waals surface area contributed by atoms with E-state index in [1.165, 1.54) is 0 Å². The van der Waals surface area contributed by atoms with Gasteiger partial charge >= 0.3 is 0 Å². The molecule has 6 heteroatoms. The number of benzene rings is 1. The molecule has 2 heterocycles. The minimum absolute atomic E-state index is 0.00157. The number of piperazine rings is 1. The Kier molecular flexibility index (Phi) is 3.92. The first-order chi connectivity index (χ1) is 10.7. The van der Waals surface area contributed by atoms with E-state index in [0.717, 1.165) is 25.2 Å². The Balaban J connectivity index is 2.12. The molecule has 3 rings (SSSR count). The smallest absolute Gasteiger partial charge is 0.142 e. The van der Waals surface area contributed by atoms with Gasteiger partial charge in [-0.1, -0.05) is 12.1 Å². The number of phenolic OH excluding ortho intramolecular Hbond substituents is 1. The van der Waals surface area contributed by atoms with E-state index in [-0.39, 0.29) is 17.6 Å². The fourth-order valence-corrected chi connectivity index (χ4v) is 2.68. The lowest BCUT2D eigenvalue weighted by Crippen LogP contribution is -2.43. The van der Waals surface area contributed by atoms with Gasteiger partial charge in [0.1, 0.15) is 17.6 Å². The van der Waals surface area contributed by atoms with E-state index in [4.69, 9.17) is 5.73 Å². The first kappa shape index (κ1) is 14.3. The number of pyridine rings is 1. The van der Waals surface area contributed by atoms with Gasteiger partial charge in [-0.2, -0.15) is 5.26 Å². The van der Waals surface area contributed by atoms with Crippen molar-refractivity contribution in [1.29, 1.82) is 5.26 Å². The number of aromatic hydroxyl groups is 1. The molecular formula is C16H17N5O. The molecule has 0 bridgehead atoms. The Labute approximate surface area is 128 Å². The molecule has 0 aliphatic carbocycles. The molecule has 1 saturated heterocycles. The predicted molar refractivity (Wildman–Crippen MR) is 84.1 cm³/mol. The SMILES string of the molecule is N#Cc1c(C2CNCCN2)cc(-c2ccccc2O)nc1N. The number of nitriles is 1. The monoisotopic (exact) mass is 295 g/mol. The van der Waals surface area contributed by atoms with Crippen molar-refractivity contribution < 1.29 is 5.11 Å². The van der Waals surface area contributed by atoms with Crippen molar-refractivity contribution in [3.8, 4) is 23.1 Å². The molecule has 1 fully saturated rings. The summed E-state index contributed by atoms with van der Waals surface area (Å²) in [6.07, 6.45) is 0. The third-order valence-electron chi connectivity index (χ3n) is 3.79. The lowest BCUT2D eigenvalue weighted by molar-refractivity contribution is 0.429. The fourth-order valence-electron chi connectivity index (χ4n) is 2.68. The number of hydrogen-bond acceptors (Lipinski definition) is 6. The molecule has 5 N–H and O–H groups in total. The zero-order valence-corrected chi connectivity index (χ0v) is 12.0. The normalized spacial score (nSPS) is 17.9. The number of hydrogen-bond donors (Lipinski definition) is 4. The number of nitrogens with two attached hydrogens (primary N) is 1. The average molecular weight is 295 g/mol. The van der Waals surface area contributed by atoms with Gasteiger partial charge in [-0.05, 0) is 23.8 Å². The summed E-state index contributed by atoms with van der Waals surface area (Å²) >= 11 is 0. The molecule has 1 atom stereocenters. The van der Waals surface area contributed by atoms with Crippen molar-refractivity contribution in [1.82, 2.24) is 15.6 Å². The number of rotatable bonds is 2. The fraction of sp³-hybridized carbons (Fsp3) is 0.250. The molecule has 1 unspecified atom stereocenters. The van der Waals surface area contributed by atoms with E-state index >= 15 is 0 Å². The van der Waals surface area contributed by atoms with Crippen LogP contribution < -0.4 is 16.4 Å². The summed E-state index contributed by atoms with van der Waals surface area (Å²) in [5, 5.41) is 26.1. The molecular weight excluding hydrogens is 278 g/mol. The number of nitrogens with zero attached hydrogens (tertiary/aromatic N) is 2. The Morgan fingerprint density at radius 2 is 2.14 bits per heavy atom. The summed E-state index contributed by atoms with van der Waals surface area (Å²) < 4.78 is 0. The van der Waals surface area contributed by atoms with Crippen LogP contribution in [-0.2, 0) is 0 Å². The van der Waals surface area contributed by atoms with Crippen molar-refractivity contribution in [3.05, 3.63) is 41.5 Å². The number of phenols is 1. The summed E-state index contributed by atoms with van der Waals surface area (Å²) in [6, 6.07) is 10.9. The number of para-hydroxylation sites is 1. The molecule has 6 nitrogen and oxygen atoms in total. The van der Waals surface area contributed by atoms with Gasteiger partial charge in [0.05, 0.1) is 11.3 Å². The minimum atomic E-state index is -0.00157. The van der Waals surface area contributed by atoms with Crippen molar-refractivity contribution >= 4 is 5.82 Å². The maximum absolute atomic E-state index is 10.0. The van der Waals surface area contributed by atoms with E-state index in [2.05, 4.69) is 21.7 Å². The standard InChI is InChI=1S/C16H17N5O/c17-8-12-11(14-9-19-5-6-20-14)7-13(21-16(12)18)10-3-1-2-4-15(10)22/h1-4,7,14,19-20,22H,5-6,9H2,(H2,18,21). The third kappa shape index (κ3) is 2.60. The van der Waals surface area contributed by atoms with Crippen LogP contribution in [0.1, 0.15) is 17.2 Å². The van der Waals surface area contributed by atoms with Crippen molar-refractivity contribution in [2.45, 2.75) is 6.04 Å². The van der Waals surface area contributed by atoms with Gasteiger partial charge in [-0.3, -0.25) is 0 Å². The van der Waals surface area contributed by atoms with E-state index in [9.17, 15) is 10.4 Å². The van der Waals surface area contributed by atoms with Crippen LogP contribution in [-0.4, -0.2) is 29.7 Å². The van der Waals surface area contributed by atoms with Crippen molar-refractivity contribution in [2.75, 3.05) is 25.4 Å². The number of nitrogen functional groups attached to an aromatic ring is 1. The highest BCUT2D eigenvalue weighted by Crippen LogP contribution is 2.32. The molecule has 1 aliphatic heterocycles. The maximum atomic E-state index is 10.0. The lowest BCUT2D eigenvalue weighted by Gasteiger charge is -2.26. The summed E-state index contributed by atoms with van der Waals surface area (Å²) in [5.41, 5.74) is 8.33. The first-order valence-corrected chi connectivity index (χ1v) is 7.13. The van der Waals surface area contributed by atoms with Gasteiger partial charge < -0.3 is 21.5 Å². The van der Waals surface area contributed by atoms with Gasteiger partial charge in [-0.15, -0.1) is 0 Å². The van der Waals surface area contributed by atoms with Crippen LogP contribution in [0.25, 0.3) is 11.3 Å². The van der Waals surface area contributed by atoms with Crippen LogP contribution in [0.4, 0.5) is 5.82 Å². The summed E-state index contributed by atoms with van der Waals surface area (Å²) in [4.78, 5) is 4.28. The summed E-state index contributed by atoms with van der Waals surface area (Å²) in [6.45, 7) is 2.44. The number of anilines is 1. The Morgan fingerprint density at radius 3 is 2.82 bits per heavy atom. The molecule has 0 radical (unpaired) electrons. The molecule has 22 heavy (non-hydrogen) atoms. The first-order valence-electron chi connectivity index (χ1n) is 7.13. The van der Waals surface area contributed by atoms with Crippen LogP contribution in [0, 0.1) is 11.3 Å². The maximum Gasteiger partial charge on any atom is 0.142 e. The minimum Gasteiger partial charge on any atom is -0.507 e. The Morgan fingerprint density at radius 1 is 1.32 bits per heavy atom. The van der Waals surface area contributed by atoms with Crippen LogP contribution in [0.5, 0.6) is 5.75 Å². The lowest BCUT2D eigenvalue weighted by atomic mass is 9.97. The quantitative estimate of drug-likeness (QED) is 0.662. The van der Waals surface area contributed by atoms with Crippen molar-refractivity contribution in [2.24, 2.45) is 0 Å². The average Bonchev–Trinajstić information content (AvgIpc) is 2.55. The topological polar surface area (TPSA) is 107 Å². The highest BCUT2D eigenvalue weighted by molar-refractivity contribution is 5.71. The second kappa shape index (κ2) is 6.02. The highest BCUT2D eigenvalue weighted by Gasteiger charge is 2.21. The zero-order chi connectivity index (χ0) is 15.5. The van der Waals surface area contributed by atoms with Gasteiger partial charge in [-0.25, -0.2) is 4.98 Å².